The fraction of sp³-hybridized carbons (Fsp3) is 0.158. The molecule has 0 saturated carbocycles. The summed E-state index contributed by atoms with van der Waals surface area (Å²) in [6.07, 6.45) is 0.207. The van der Waals surface area contributed by atoms with E-state index >= 15 is 0 Å². The number of methoxy groups -OCH3 is 1. The molecule has 0 spiro atoms. The molecule has 7 nitrogen and oxygen atoms in total. The lowest BCUT2D eigenvalue weighted by Gasteiger charge is -2.06. The van der Waals surface area contributed by atoms with Crippen molar-refractivity contribution in [3.05, 3.63) is 51.7 Å². The number of aromatic amines is 1. The molecular weight excluding hydrogens is 445 g/mol. The average molecular weight is 462 g/mol. The normalized spacial score (nSPS) is 10.9. The maximum Gasteiger partial charge on any atom is 0.227 e. The number of anilines is 1. The van der Waals surface area contributed by atoms with Gasteiger partial charge in [-0.2, -0.15) is 5.10 Å². The summed E-state index contributed by atoms with van der Waals surface area (Å²) in [6.45, 7) is 0.385. The second-order valence-corrected chi connectivity index (χ2v) is 8.36. The summed E-state index contributed by atoms with van der Waals surface area (Å²) in [6, 6.07) is 8.50. The molecule has 154 valence electrons. The van der Waals surface area contributed by atoms with Crippen LogP contribution in [0.3, 0.4) is 0 Å². The molecule has 1 aromatic carbocycles. The van der Waals surface area contributed by atoms with Crippen LogP contribution < -0.4 is 10.1 Å². The molecule has 0 aliphatic heterocycles. The van der Waals surface area contributed by atoms with Crippen LogP contribution in [0, 0.1) is 10.6 Å². The van der Waals surface area contributed by atoms with Crippen molar-refractivity contribution >= 4 is 45.9 Å². The van der Waals surface area contributed by atoms with Gasteiger partial charge in [-0.3, -0.25) is 14.5 Å². The van der Waals surface area contributed by atoms with Crippen LogP contribution in [0.25, 0.3) is 22.0 Å². The van der Waals surface area contributed by atoms with Gasteiger partial charge in [-0.05, 0) is 41.9 Å². The number of thiazole rings is 1. The van der Waals surface area contributed by atoms with E-state index in [4.69, 9.17) is 17.0 Å². The zero-order valence-electron chi connectivity index (χ0n) is 15.7. The van der Waals surface area contributed by atoms with Crippen LogP contribution in [0.4, 0.5) is 9.52 Å². The van der Waals surface area contributed by atoms with Crippen LogP contribution in [0.15, 0.2) is 41.1 Å². The second-order valence-electron chi connectivity index (χ2n) is 6.17. The second kappa shape index (κ2) is 8.86. The number of H-pyrrole nitrogens is 1. The highest BCUT2D eigenvalue weighted by atomic mass is 32.1. The summed E-state index contributed by atoms with van der Waals surface area (Å²) >= 11 is 8.11. The molecule has 0 radical (unpaired) electrons. The Hall–Kier alpha value is -2.89. The third-order valence-corrected chi connectivity index (χ3v) is 6.20. The van der Waals surface area contributed by atoms with E-state index in [9.17, 15) is 9.18 Å². The number of amides is 1. The van der Waals surface area contributed by atoms with Crippen LogP contribution in [0.2, 0.25) is 0 Å². The van der Waals surface area contributed by atoms with Gasteiger partial charge in [-0.25, -0.2) is 9.37 Å². The summed E-state index contributed by atoms with van der Waals surface area (Å²) in [5.41, 5.74) is 1.18. The molecule has 2 N–H and O–H groups in total. The van der Waals surface area contributed by atoms with Crippen molar-refractivity contribution in [3.8, 4) is 27.7 Å². The Balaban J connectivity index is 1.41. The molecule has 0 aliphatic rings. The third-order valence-electron chi connectivity index (χ3n) is 4.26. The van der Waals surface area contributed by atoms with E-state index in [0.29, 0.717) is 33.5 Å². The van der Waals surface area contributed by atoms with Crippen molar-refractivity contribution in [2.45, 2.75) is 13.0 Å². The highest BCUT2D eigenvalue weighted by Gasteiger charge is 2.13. The number of thiophene rings is 1. The van der Waals surface area contributed by atoms with Gasteiger partial charge < -0.3 is 10.1 Å². The van der Waals surface area contributed by atoms with Crippen LogP contribution in [-0.4, -0.2) is 32.8 Å². The Labute approximate surface area is 184 Å². The average Bonchev–Trinajstić information content (AvgIpc) is 3.48. The fourth-order valence-corrected chi connectivity index (χ4v) is 4.48. The minimum Gasteiger partial charge on any atom is -0.494 e. The van der Waals surface area contributed by atoms with Gasteiger partial charge in [0.25, 0.3) is 0 Å². The zero-order chi connectivity index (χ0) is 21.1. The maximum atomic E-state index is 13.9. The topological polar surface area (TPSA) is 84.8 Å². The SMILES string of the molecule is COc1ccc(-c2csc(NC(=O)CCn3c(-c4cccs4)n[nH]c3=S)n2)cc1F. The predicted molar refractivity (Wildman–Crippen MR) is 118 cm³/mol. The molecule has 0 unspecified atom stereocenters. The summed E-state index contributed by atoms with van der Waals surface area (Å²) in [5.74, 6) is 0.215. The first-order valence-electron chi connectivity index (χ1n) is 8.83. The molecule has 30 heavy (non-hydrogen) atoms. The fourth-order valence-electron chi connectivity index (χ4n) is 2.80. The van der Waals surface area contributed by atoms with Gasteiger partial charge in [0.1, 0.15) is 0 Å². The summed E-state index contributed by atoms with van der Waals surface area (Å²) in [4.78, 5) is 17.7. The quantitative estimate of drug-likeness (QED) is 0.380. The highest BCUT2D eigenvalue weighted by Crippen LogP contribution is 2.28. The first kappa shape index (κ1) is 20.4. The number of carbonyl (C=O) groups is 1. The van der Waals surface area contributed by atoms with E-state index < -0.39 is 5.82 Å². The monoisotopic (exact) mass is 461 g/mol. The number of aromatic nitrogens is 4. The van der Waals surface area contributed by atoms with Crippen molar-refractivity contribution < 1.29 is 13.9 Å². The van der Waals surface area contributed by atoms with E-state index in [0.717, 1.165) is 4.88 Å². The molecule has 4 rings (SSSR count). The number of nitrogens with zero attached hydrogens (tertiary/aromatic N) is 3. The number of benzene rings is 1. The van der Waals surface area contributed by atoms with Crippen LogP contribution in [0.5, 0.6) is 5.75 Å². The number of nitrogens with one attached hydrogen (secondary N) is 2. The summed E-state index contributed by atoms with van der Waals surface area (Å²) < 4.78 is 21.1. The molecule has 11 heteroatoms. The van der Waals surface area contributed by atoms with Gasteiger partial charge in [0.15, 0.2) is 27.3 Å². The molecule has 0 aliphatic carbocycles. The lowest BCUT2D eigenvalue weighted by atomic mass is 10.1. The first-order chi connectivity index (χ1) is 14.5. The molecule has 3 aromatic heterocycles. The minimum atomic E-state index is -0.466. The van der Waals surface area contributed by atoms with Gasteiger partial charge in [0, 0.05) is 23.9 Å². The van der Waals surface area contributed by atoms with Gasteiger partial charge in [-0.15, -0.1) is 22.7 Å². The molecule has 0 atom stereocenters. The Morgan fingerprint density at radius 2 is 2.23 bits per heavy atom. The van der Waals surface area contributed by atoms with Crippen molar-refractivity contribution in [2.24, 2.45) is 0 Å². The number of hydrogen-bond donors (Lipinski definition) is 2. The minimum absolute atomic E-state index is 0.169. The van der Waals surface area contributed by atoms with Crippen molar-refractivity contribution in [1.82, 2.24) is 19.7 Å². The number of carbonyl (C=O) groups excluding carboxylic acids is 1. The van der Waals surface area contributed by atoms with Crippen LogP contribution in [0.1, 0.15) is 6.42 Å². The largest absolute Gasteiger partial charge is 0.494 e. The van der Waals surface area contributed by atoms with Crippen molar-refractivity contribution in [3.63, 3.8) is 0 Å². The molecule has 4 aromatic rings. The number of hydrogen-bond acceptors (Lipinski definition) is 7. The summed E-state index contributed by atoms with van der Waals surface area (Å²) in [7, 11) is 1.41. The van der Waals surface area contributed by atoms with E-state index in [2.05, 4.69) is 20.5 Å². The van der Waals surface area contributed by atoms with Gasteiger partial charge in [0.05, 0.1) is 17.7 Å². The first-order valence-corrected chi connectivity index (χ1v) is 11.0. The molecular formula is C19H16FN5O2S3. The van der Waals surface area contributed by atoms with Gasteiger partial charge in [-0.1, -0.05) is 6.07 Å². The Bertz CT molecular complexity index is 1230. The standard InChI is InChI=1S/C19H16FN5O2S3/c1-27-14-5-4-11(9-12(14)20)13-10-30-18(21-13)22-16(26)6-7-25-17(23-24-19(25)28)15-3-2-8-29-15/h2-5,8-10H,6-7H2,1H3,(H,24,28)(H,21,22,26). The predicted octanol–water partition coefficient (Wildman–Crippen LogP) is 4.97. The molecule has 0 saturated heterocycles. The smallest absolute Gasteiger partial charge is 0.227 e. The molecule has 1 amide bonds. The van der Waals surface area contributed by atoms with E-state index in [1.165, 1.54) is 24.5 Å². The van der Waals surface area contributed by atoms with Crippen LogP contribution in [-0.2, 0) is 11.3 Å². The summed E-state index contributed by atoms with van der Waals surface area (Å²) in [5, 5.41) is 14.0. The maximum absolute atomic E-state index is 13.9. The van der Waals surface area contributed by atoms with Crippen LogP contribution >= 0.6 is 34.9 Å². The molecule has 0 bridgehead atoms. The zero-order valence-corrected chi connectivity index (χ0v) is 18.2. The highest BCUT2D eigenvalue weighted by molar-refractivity contribution is 7.71. The van der Waals surface area contributed by atoms with Gasteiger partial charge in [0.2, 0.25) is 5.91 Å². The van der Waals surface area contributed by atoms with E-state index in [-0.39, 0.29) is 18.1 Å². The van der Waals surface area contributed by atoms with Crippen molar-refractivity contribution in [2.75, 3.05) is 12.4 Å². The Morgan fingerprint density at radius 3 is 2.97 bits per heavy atom. The van der Waals surface area contributed by atoms with Crippen molar-refractivity contribution in [1.29, 1.82) is 0 Å². The Morgan fingerprint density at radius 1 is 1.37 bits per heavy atom. The number of ether oxygens (including phenoxy) is 1. The van der Waals surface area contributed by atoms with Gasteiger partial charge >= 0.3 is 0 Å². The van der Waals surface area contributed by atoms with E-state index in [1.807, 2.05) is 17.5 Å². The number of rotatable bonds is 7. The molecule has 3 heterocycles. The lowest BCUT2D eigenvalue weighted by Crippen LogP contribution is -2.14. The van der Waals surface area contributed by atoms with E-state index in [1.54, 1.807) is 33.4 Å². The Kier molecular flexibility index (Phi) is 6.02. The molecule has 0 fully saturated rings. The number of halogens is 1. The third kappa shape index (κ3) is 4.32. The lowest BCUT2D eigenvalue weighted by molar-refractivity contribution is -0.116.